The van der Waals surface area contributed by atoms with E-state index in [1.54, 1.807) is 12.5 Å². The highest BCUT2D eigenvalue weighted by atomic mass is 127. The van der Waals surface area contributed by atoms with E-state index in [4.69, 9.17) is 4.42 Å². The molecule has 0 unspecified atom stereocenters. The molecule has 2 nitrogen and oxygen atoms in total. The Morgan fingerprint density at radius 1 is 1.67 bits per heavy atom. The van der Waals surface area contributed by atoms with Gasteiger partial charge in [-0.3, -0.25) is 3.53 Å². The summed E-state index contributed by atoms with van der Waals surface area (Å²) in [5, 5.41) is 0. The van der Waals surface area contributed by atoms with E-state index in [0.29, 0.717) is 0 Å². The van der Waals surface area contributed by atoms with Crippen LogP contribution in [-0.4, -0.2) is 6.54 Å². The standard InChI is InChI=1S/C6H8INO/c7-8-3-1-6-2-4-9-5-6/h2,4-5,8H,1,3H2. The van der Waals surface area contributed by atoms with Crippen molar-refractivity contribution in [1.29, 1.82) is 0 Å². The van der Waals surface area contributed by atoms with Gasteiger partial charge in [-0.1, -0.05) is 0 Å². The van der Waals surface area contributed by atoms with Crippen LogP contribution in [0.15, 0.2) is 23.0 Å². The molecule has 0 aromatic carbocycles. The van der Waals surface area contributed by atoms with Crippen molar-refractivity contribution in [3.05, 3.63) is 24.2 Å². The molecule has 50 valence electrons. The van der Waals surface area contributed by atoms with Gasteiger partial charge in [0.2, 0.25) is 0 Å². The molecule has 0 fully saturated rings. The predicted octanol–water partition coefficient (Wildman–Crippen LogP) is 1.76. The fraction of sp³-hybridized carbons (Fsp3) is 0.333. The van der Waals surface area contributed by atoms with Crippen molar-refractivity contribution in [3.8, 4) is 0 Å². The highest BCUT2D eigenvalue weighted by molar-refractivity contribution is 14.1. The molecule has 1 rings (SSSR count). The molecule has 0 aliphatic rings. The number of hydrogen-bond donors (Lipinski definition) is 1. The molecule has 0 aliphatic carbocycles. The maximum absolute atomic E-state index is 4.88. The molecule has 3 heteroatoms. The number of halogens is 1. The topological polar surface area (TPSA) is 25.2 Å². The first-order valence-electron chi connectivity index (χ1n) is 2.78. The third-order valence-corrected chi connectivity index (χ3v) is 1.63. The second kappa shape index (κ2) is 3.90. The Bertz CT molecular complexity index is 150. The molecular formula is C6H8INO. The summed E-state index contributed by atoms with van der Waals surface area (Å²) in [6, 6.07) is 1.98. The first kappa shape index (κ1) is 7.08. The molecule has 0 aliphatic heterocycles. The summed E-state index contributed by atoms with van der Waals surface area (Å²) in [4.78, 5) is 0. The van der Waals surface area contributed by atoms with Crippen LogP contribution in [0.1, 0.15) is 5.56 Å². The van der Waals surface area contributed by atoms with Gasteiger partial charge in [-0.15, -0.1) is 0 Å². The third-order valence-electron chi connectivity index (χ3n) is 1.09. The summed E-state index contributed by atoms with van der Waals surface area (Å²) in [7, 11) is 0. The SMILES string of the molecule is INCCc1ccoc1. The molecule has 1 N–H and O–H groups in total. The van der Waals surface area contributed by atoms with E-state index >= 15 is 0 Å². The van der Waals surface area contributed by atoms with Gasteiger partial charge in [0, 0.05) is 29.4 Å². The smallest absolute Gasteiger partial charge is 0.0934 e. The quantitative estimate of drug-likeness (QED) is 0.640. The van der Waals surface area contributed by atoms with E-state index in [1.165, 1.54) is 5.56 Å². The minimum absolute atomic E-state index is 1.00. The zero-order valence-electron chi connectivity index (χ0n) is 4.93. The van der Waals surface area contributed by atoms with E-state index in [2.05, 4.69) is 26.4 Å². The Morgan fingerprint density at radius 3 is 3.11 bits per heavy atom. The Labute approximate surface area is 68.1 Å². The van der Waals surface area contributed by atoms with E-state index in [9.17, 15) is 0 Å². The van der Waals surface area contributed by atoms with Crippen LogP contribution in [-0.2, 0) is 6.42 Å². The van der Waals surface area contributed by atoms with E-state index < -0.39 is 0 Å². The predicted molar refractivity (Wildman–Crippen MR) is 44.4 cm³/mol. The maximum Gasteiger partial charge on any atom is 0.0934 e. The summed E-state index contributed by atoms with van der Waals surface area (Å²) in [6.45, 7) is 1.00. The Balaban J connectivity index is 2.30. The van der Waals surface area contributed by atoms with Gasteiger partial charge in [0.15, 0.2) is 0 Å². The van der Waals surface area contributed by atoms with Crippen LogP contribution in [0.2, 0.25) is 0 Å². The molecule has 0 radical (unpaired) electrons. The molecule has 0 saturated carbocycles. The van der Waals surface area contributed by atoms with Gasteiger partial charge >= 0.3 is 0 Å². The van der Waals surface area contributed by atoms with Gasteiger partial charge in [0.25, 0.3) is 0 Å². The molecule has 0 spiro atoms. The van der Waals surface area contributed by atoms with Crippen molar-refractivity contribution in [2.45, 2.75) is 6.42 Å². The van der Waals surface area contributed by atoms with Crippen molar-refractivity contribution >= 4 is 22.9 Å². The van der Waals surface area contributed by atoms with Crippen LogP contribution in [0.5, 0.6) is 0 Å². The van der Waals surface area contributed by atoms with Crippen molar-refractivity contribution in [2.24, 2.45) is 0 Å². The molecular weight excluding hydrogens is 229 g/mol. The van der Waals surface area contributed by atoms with Gasteiger partial charge in [-0.05, 0) is 18.1 Å². The fourth-order valence-electron chi connectivity index (χ4n) is 0.626. The summed E-state index contributed by atoms with van der Waals surface area (Å²) in [5.41, 5.74) is 1.25. The highest BCUT2D eigenvalue weighted by Gasteiger charge is 1.90. The summed E-state index contributed by atoms with van der Waals surface area (Å²) in [5.74, 6) is 0. The van der Waals surface area contributed by atoms with Gasteiger partial charge in [-0.2, -0.15) is 0 Å². The summed E-state index contributed by atoms with van der Waals surface area (Å²) < 4.78 is 7.92. The fourth-order valence-corrected chi connectivity index (χ4v) is 0.896. The molecule has 0 saturated heterocycles. The van der Waals surface area contributed by atoms with Crippen molar-refractivity contribution in [1.82, 2.24) is 3.53 Å². The second-order valence-corrected chi connectivity index (χ2v) is 2.53. The van der Waals surface area contributed by atoms with Crippen LogP contribution in [0.3, 0.4) is 0 Å². The number of nitrogens with one attached hydrogen (secondary N) is 1. The van der Waals surface area contributed by atoms with E-state index in [1.807, 2.05) is 6.07 Å². The Hall–Kier alpha value is -0.0300. The van der Waals surface area contributed by atoms with Crippen LogP contribution >= 0.6 is 22.9 Å². The lowest BCUT2D eigenvalue weighted by molar-refractivity contribution is 0.563. The minimum atomic E-state index is 1.00. The molecule has 1 aromatic rings. The van der Waals surface area contributed by atoms with Crippen LogP contribution < -0.4 is 3.53 Å². The number of hydrogen-bond acceptors (Lipinski definition) is 2. The summed E-state index contributed by atoms with van der Waals surface area (Å²) >= 11 is 2.13. The van der Waals surface area contributed by atoms with Gasteiger partial charge in [0.1, 0.15) is 0 Å². The zero-order chi connectivity index (χ0) is 6.53. The Kier molecular flexibility index (Phi) is 3.06. The monoisotopic (exact) mass is 237 g/mol. The number of furan rings is 1. The lowest BCUT2D eigenvalue weighted by atomic mass is 10.2. The highest BCUT2D eigenvalue weighted by Crippen LogP contribution is 1.99. The first-order valence-corrected chi connectivity index (χ1v) is 3.86. The van der Waals surface area contributed by atoms with Crippen LogP contribution in [0.25, 0.3) is 0 Å². The molecule has 0 bridgehead atoms. The second-order valence-electron chi connectivity index (χ2n) is 1.77. The minimum Gasteiger partial charge on any atom is -0.472 e. The van der Waals surface area contributed by atoms with Gasteiger partial charge in [-0.25, -0.2) is 0 Å². The van der Waals surface area contributed by atoms with Crippen LogP contribution in [0.4, 0.5) is 0 Å². The van der Waals surface area contributed by atoms with E-state index in [0.717, 1.165) is 13.0 Å². The first-order chi connectivity index (χ1) is 4.43. The van der Waals surface area contributed by atoms with E-state index in [-0.39, 0.29) is 0 Å². The zero-order valence-corrected chi connectivity index (χ0v) is 7.09. The Morgan fingerprint density at radius 2 is 2.56 bits per heavy atom. The largest absolute Gasteiger partial charge is 0.472 e. The molecule has 1 aromatic heterocycles. The van der Waals surface area contributed by atoms with Crippen LogP contribution in [0, 0.1) is 0 Å². The number of rotatable bonds is 3. The average Bonchev–Trinajstić information content (AvgIpc) is 2.34. The lowest BCUT2D eigenvalue weighted by Gasteiger charge is -1.90. The molecule has 0 atom stereocenters. The third kappa shape index (κ3) is 2.36. The van der Waals surface area contributed by atoms with Crippen molar-refractivity contribution in [2.75, 3.05) is 6.54 Å². The van der Waals surface area contributed by atoms with Crippen molar-refractivity contribution < 1.29 is 4.42 Å². The van der Waals surface area contributed by atoms with Gasteiger partial charge < -0.3 is 4.42 Å². The normalized spacial score (nSPS) is 9.89. The summed E-state index contributed by atoms with van der Waals surface area (Å²) in [6.07, 6.45) is 4.51. The lowest BCUT2D eigenvalue weighted by Crippen LogP contribution is -2.02. The molecule has 1 heterocycles. The molecule has 0 amide bonds. The molecule has 9 heavy (non-hydrogen) atoms. The maximum atomic E-state index is 4.88. The van der Waals surface area contributed by atoms with Crippen molar-refractivity contribution in [3.63, 3.8) is 0 Å². The average molecular weight is 237 g/mol. The van der Waals surface area contributed by atoms with Gasteiger partial charge in [0.05, 0.1) is 12.5 Å².